The average molecular weight is 450 g/mol. The molecule has 0 bridgehead atoms. The van der Waals surface area contributed by atoms with Crippen molar-refractivity contribution in [3.8, 4) is 0 Å². The van der Waals surface area contributed by atoms with Crippen molar-refractivity contribution >= 4 is 17.9 Å². The lowest BCUT2D eigenvalue weighted by atomic mass is 10.2. The molecule has 168 valence electrons. The number of rotatable bonds is 8. The molecule has 6 nitrogen and oxygen atoms in total. The Hall–Kier alpha value is -2.48. The summed E-state index contributed by atoms with van der Waals surface area (Å²) in [5, 5.41) is 4.94. The molecular weight excluding hydrogens is 418 g/mol. The van der Waals surface area contributed by atoms with E-state index in [9.17, 15) is 0 Å². The summed E-state index contributed by atoms with van der Waals surface area (Å²) >= 11 is 5.85. The lowest BCUT2D eigenvalue weighted by molar-refractivity contribution is 0.122. The van der Waals surface area contributed by atoms with Crippen LogP contribution in [0.15, 0.2) is 54.6 Å². The van der Waals surface area contributed by atoms with Gasteiger partial charge in [-0.2, -0.15) is 5.10 Å². The zero-order valence-corrected chi connectivity index (χ0v) is 19.5. The zero-order valence-electron chi connectivity index (χ0n) is 18.7. The van der Waals surface area contributed by atoms with Gasteiger partial charge in [-0.15, -0.1) is 0 Å². The minimum absolute atomic E-state index is 0.555. The molecule has 2 aliphatic rings. The Balaban J connectivity index is 1.26. The number of morpholine rings is 1. The van der Waals surface area contributed by atoms with E-state index in [4.69, 9.17) is 22.1 Å². The highest BCUT2D eigenvalue weighted by atomic mass is 32.1. The smallest absolute Gasteiger partial charge is 0.199 e. The van der Waals surface area contributed by atoms with Crippen molar-refractivity contribution in [2.75, 3.05) is 38.3 Å². The highest BCUT2D eigenvalue weighted by molar-refractivity contribution is 7.71. The Labute approximate surface area is 195 Å². The number of benzene rings is 2. The number of hydrogen-bond donors (Lipinski definition) is 0. The molecule has 0 unspecified atom stereocenters. The second kappa shape index (κ2) is 9.57. The zero-order chi connectivity index (χ0) is 21.9. The van der Waals surface area contributed by atoms with Gasteiger partial charge in [0.1, 0.15) is 5.82 Å². The van der Waals surface area contributed by atoms with Gasteiger partial charge < -0.3 is 9.64 Å². The van der Waals surface area contributed by atoms with Crippen molar-refractivity contribution in [2.24, 2.45) is 0 Å². The fraction of sp³-hybridized carbons (Fsp3) is 0.440. The predicted molar refractivity (Wildman–Crippen MR) is 130 cm³/mol. The maximum atomic E-state index is 5.85. The number of anilines is 1. The van der Waals surface area contributed by atoms with Crippen LogP contribution in [0.2, 0.25) is 0 Å². The Morgan fingerprint density at radius 3 is 2.41 bits per heavy atom. The van der Waals surface area contributed by atoms with Crippen LogP contribution in [-0.2, 0) is 24.5 Å². The number of aromatic nitrogens is 3. The van der Waals surface area contributed by atoms with E-state index in [0.717, 1.165) is 50.0 Å². The number of ether oxygens (including phenoxy) is 1. The highest BCUT2D eigenvalue weighted by Gasteiger charge is 2.30. The molecule has 2 fully saturated rings. The van der Waals surface area contributed by atoms with Gasteiger partial charge in [0.2, 0.25) is 0 Å². The Morgan fingerprint density at radius 1 is 1.00 bits per heavy atom. The normalized spacial score (nSPS) is 16.6. The molecular formula is C25H31N5OS. The summed E-state index contributed by atoms with van der Waals surface area (Å²) in [6, 6.07) is 19.4. The van der Waals surface area contributed by atoms with E-state index in [-0.39, 0.29) is 0 Å². The topological polar surface area (TPSA) is 38.5 Å². The standard InChI is InChI=1S/C25H31N5OS/c1-27(17-21-7-11-23(12-8-21)28-13-15-31-16-14-28)19-30-25(32)29(24(26-30)22-9-10-22)18-20-5-3-2-4-6-20/h2-8,11-12,22H,9-10,13-19H2,1H3. The molecule has 1 aliphatic carbocycles. The molecule has 0 radical (unpaired) electrons. The van der Waals surface area contributed by atoms with Crippen LogP contribution in [0.5, 0.6) is 0 Å². The van der Waals surface area contributed by atoms with Crippen LogP contribution in [0.3, 0.4) is 0 Å². The highest BCUT2D eigenvalue weighted by Crippen LogP contribution is 2.39. The molecule has 2 heterocycles. The van der Waals surface area contributed by atoms with Crippen LogP contribution in [-0.4, -0.2) is 52.6 Å². The van der Waals surface area contributed by atoms with E-state index in [2.05, 4.69) is 76.0 Å². The average Bonchev–Trinajstić information content (AvgIpc) is 3.63. The van der Waals surface area contributed by atoms with Gasteiger partial charge in [-0.05, 0) is 55.4 Å². The first kappa shape index (κ1) is 21.4. The molecule has 1 aliphatic heterocycles. The van der Waals surface area contributed by atoms with Gasteiger partial charge in [0.15, 0.2) is 4.77 Å². The van der Waals surface area contributed by atoms with Gasteiger partial charge in [0, 0.05) is 31.2 Å². The molecule has 0 spiro atoms. The van der Waals surface area contributed by atoms with Crippen LogP contribution in [0, 0.1) is 4.77 Å². The first-order chi connectivity index (χ1) is 15.7. The minimum Gasteiger partial charge on any atom is -0.378 e. The second-order valence-corrected chi connectivity index (χ2v) is 9.27. The Morgan fingerprint density at radius 2 is 1.72 bits per heavy atom. The Kier molecular flexibility index (Phi) is 6.39. The predicted octanol–water partition coefficient (Wildman–Crippen LogP) is 4.27. The largest absolute Gasteiger partial charge is 0.378 e. The molecule has 1 aromatic heterocycles. The van der Waals surface area contributed by atoms with Crippen LogP contribution in [0.25, 0.3) is 0 Å². The quantitative estimate of drug-likeness (QED) is 0.480. The lowest BCUT2D eigenvalue weighted by Gasteiger charge is -2.29. The molecule has 7 heteroatoms. The third kappa shape index (κ3) is 4.95. The summed E-state index contributed by atoms with van der Waals surface area (Å²) in [6.45, 7) is 5.88. The van der Waals surface area contributed by atoms with Crippen molar-refractivity contribution in [2.45, 2.75) is 38.5 Å². The van der Waals surface area contributed by atoms with Crippen LogP contribution < -0.4 is 4.90 Å². The fourth-order valence-electron chi connectivity index (χ4n) is 4.33. The summed E-state index contributed by atoms with van der Waals surface area (Å²) in [7, 11) is 2.13. The maximum Gasteiger partial charge on any atom is 0.199 e. The van der Waals surface area contributed by atoms with Crippen LogP contribution in [0.1, 0.15) is 35.7 Å². The van der Waals surface area contributed by atoms with Crippen molar-refractivity contribution in [1.82, 2.24) is 19.2 Å². The summed E-state index contributed by atoms with van der Waals surface area (Å²) in [5.41, 5.74) is 3.83. The molecule has 1 saturated carbocycles. The van der Waals surface area contributed by atoms with Gasteiger partial charge in [-0.25, -0.2) is 4.68 Å². The molecule has 3 aromatic rings. The minimum atomic E-state index is 0.555. The number of hydrogen-bond acceptors (Lipinski definition) is 5. The summed E-state index contributed by atoms with van der Waals surface area (Å²) in [4.78, 5) is 4.66. The maximum absolute atomic E-state index is 5.85. The van der Waals surface area contributed by atoms with E-state index < -0.39 is 0 Å². The van der Waals surface area contributed by atoms with Crippen LogP contribution in [0.4, 0.5) is 5.69 Å². The van der Waals surface area contributed by atoms with E-state index in [1.165, 1.54) is 29.7 Å². The van der Waals surface area contributed by atoms with Crippen molar-refractivity contribution < 1.29 is 4.74 Å². The van der Waals surface area contributed by atoms with Gasteiger partial charge in [-0.3, -0.25) is 9.47 Å². The molecule has 2 aromatic carbocycles. The summed E-state index contributed by atoms with van der Waals surface area (Å²) < 4.78 is 10.5. The third-order valence-electron chi connectivity index (χ3n) is 6.22. The molecule has 5 rings (SSSR count). The third-order valence-corrected chi connectivity index (χ3v) is 6.65. The lowest BCUT2D eigenvalue weighted by Crippen LogP contribution is -2.36. The van der Waals surface area contributed by atoms with Gasteiger partial charge in [0.05, 0.1) is 26.4 Å². The van der Waals surface area contributed by atoms with Crippen molar-refractivity contribution in [3.63, 3.8) is 0 Å². The molecule has 0 atom stereocenters. The monoisotopic (exact) mass is 449 g/mol. The summed E-state index contributed by atoms with van der Waals surface area (Å²) in [5.74, 6) is 1.70. The van der Waals surface area contributed by atoms with E-state index in [0.29, 0.717) is 12.6 Å². The summed E-state index contributed by atoms with van der Waals surface area (Å²) in [6.07, 6.45) is 2.43. The first-order valence-corrected chi connectivity index (χ1v) is 11.9. The van der Waals surface area contributed by atoms with Gasteiger partial charge in [-0.1, -0.05) is 42.5 Å². The molecule has 1 saturated heterocycles. The first-order valence-electron chi connectivity index (χ1n) is 11.5. The molecule has 0 amide bonds. The Bertz CT molecular complexity index is 1080. The number of nitrogens with zero attached hydrogens (tertiary/aromatic N) is 5. The van der Waals surface area contributed by atoms with E-state index >= 15 is 0 Å². The van der Waals surface area contributed by atoms with Crippen molar-refractivity contribution in [1.29, 1.82) is 0 Å². The van der Waals surface area contributed by atoms with E-state index in [1.54, 1.807) is 0 Å². The fourth-order valence-corrected chi connectivity index (χ4v) is 4.59. The molecule has 32 heavy (non-hydrogen) atoms. The molecule has 0 N–H and O–H groups in total. The van der Waals surface area contributed by atoms with E-state index in [1.807, 2.05) is 4.68 Å². The van der Waals surface area contributed by atoms with Crippen molar-refractivity contribution in [3.05, 3.63) is 76.3 Å². The van der Waals surface area contributed by atoms with Crippen LogP contribution >= 0.6 is 12.2 Å². The van der Waals surface area contributed by atoms with Gasteiger partial charge >= 0.3 is 0 Å². The van der Waals surface area contributed by atoms with Gasteiger partial charge in [0.25, 0.3) is 0 Å². The second-order valence-electron chi connectivity index (χ2n) is 8.91. The SMILES string of the molecule is CN(Cc1ccc(N2CCOCC2)cc1)Cn1nc(C2CC2)n(Cc2ccccc2)c1=S.